The molecule has 0 saturated heterocycles. The predicted molar refractivity (Wildman–Crippen MR) is 85.0 cm³/mol. The van der Waals surface area contributed by atoms with Crippen molar-refractivity contribution in [2.24, 2.45) is 0 Å². The SMILES string of the molecule is Cc1ccccc1OCC(O)CN1CCc2ccccc21. The molecular formula is C18H21NO2. The summed E-state index contributed by atoms with van der Waals surface area (Å²) in [6, 6.07) is 16.3. The molecule has 21 heavy (non-hydrogen) atoms. The van der Waals surface area contributed by atoms with E-state index >= 15 is 0 Å². The average molecular weight is 283 g/mol. The van der Waals surface area contributed by atoms with E-state index in [-0.39, 0.29) is 0 Å². The van der Waals surface area contributed by atoms with Crippen LogP contribution in [0.5, 0.6) is 5.75 Å². The molecule has 1 aliphatic heterocycles. The number of fused-ring (bicyclic) bond motifs is 1. The number of aryl methyl sites for hydroxylation is 1. The van der Waals surface area contributed by atoms with Crippen molar-refractivity contribution in [1.29, 1.82) is 0 Å². The molecule has 1 N–H and O–H groups in total. The molecule has 0 aromatic heterocycles. The third-order valence-corrected chi connectivity index (χ3v) is 3.94. The zero-order valence-electron chi connectivity index (χ0n) is 12.3. The fraction of sp³-hybridized carbons (Fsp3) is 0.333. The zero-order chi connectivity index (χ0) is 14.7. The van der Waals surface area contributed by atoms with Crippen molar-refractivity contribution in [2.45, 2.75) is 19.4 Å². The highest BCUT2D eigenvalue weighted by Crippen LogP contribution is 2.27. The monoisotopic (exact) mass is 283 g/mol. The lowest BCUT2D eigenvalue weighted by atomic mass is 10.2. The predicted octanol–water partition coefficient (Wildman–Crippen LogP) is 2.80. The third kappa shape index (κ3) is 3.19. The number of benzene rings is 2. The third-order valence-electron chi connectivity index (χ3n) is 3.94. The van der Waals surface area contributed by atoms with Crippen molar-refractivity contribution in [3.63, 3.8) is 0 Å². The van der Waals surface area contributed by atoms with Gasteiger partial charge in [-0.05, 0) is 36.6 Å². The summed E-state index contributed by atoms with van der Waals surface area (Å²) in [7, 11) is 0. The Hall–Kier alpha value is -2.00. The van der Waals surface area contributed by atoms with Crippen molar-refractivity contribution in [2.75, 3.05) is 24.6 Å². The van der Waals surface area contributed by atoms with Gasteiger partial charge in [0.2, 0.25) is 0 Å². The van der Waals surface area contributed by atoms with Crippen LogP contribution < -0.4 is 9.64 Å². The fourth-order valence-corrected chi connectivity index (χ4v) is 2.81. The van der Waals surface area contributed by atoms with E-state index in [1.54, 1.807) is 0 Å². The lowest BCUT2D eigenvalue weighted by molar-refractivity contribution is 0.112. The topological polar surface area (TPSA) is 32.7 Å². The second-order valence-electron chi connectivity index (χ2n) is 5.56. The van der Waals surface area contributed by atoms with E-state index in [4.69, 9.17) is 4.74 Å². The number of rotatable bonds is 5. The summed E-state index contributed by atoms with van der Waals surface area (Å²) in [5.74, 6) is 0.846. The van der Waals surface area contributed by atoms with Gasteiger partial charge in [0.25, 0.3) is 0 Å². The molecule has 1 aliphatic rings. The Labute approximate surface area is 125 Å². The van der Waals surface area contributed by atoms with Gasteiger partial charge < -0.3 is 14.7 Å². The molecule has 0 radical (unpaired) electrons. The summed E-state index contributed by atoms with van der Waals surface area (Å²) in [5.41, 5.74) is 3.70. The minimum absolute atomic E-state index is 0.323. The van der Waals surface area contributed by atoms with Crippen LogP contribution in [0.1, 0.15) is 11.1 Å². The molecule has 3 nitrogen and oxygen atoms in total. The molecule has 3 rings (SSSR count). The van der Waals surface area contributed by atoms with Gasteiger partial charge >= 0.3 is 0 Å². The van der Waals surface area contributed by atoms with E-state index in [0.29, 0.717) is 13.2 Å². The normalized spacial score (nSPS) is 14.9. The minimum atomic E-state index is -0.490. The van der Waals surface area contributed by atoms with Crippen LogP contribution in [0, 0.1) is 6.92 Å². The van der Waals surface area contributed by atoms with E-state index in [2.05, 4.69) is 23.1 Å². The van der Waals surface area contributed by atoms with Crippen molar-refractivity contribution in [1.82, 2.24) is 0 Å². The fourth-order valence-electron chi connectivity index (χ4n) is 2.81. The number of para-hydroxylation sites is 2. The van der Waals surface area contributed by atoms with Gasteiger partial charge in [0.05, 0.1) is 0 Å². The molecule has 0 bridgehead atoms. The van der Waals surface area contributed by atoms with Crippen LogP contribution in [0.2, 0.25) is 0 Å². The minimum Gasteiger partial charge on any atom is -0.491 e. The molecule has 1 atom stereocenters. The van der Waals surface area contributed by atoms with Gasteiger partial charge in [-0.1, -0.05) is 36.4 Å². The first-order valence-electron chi connectivity index (χ1n) is 7.43. The van der Waals surface area contributed by atoms with E-state index < -0.39 is 6.10 Å². The quantitative estimate of drug-likeness (QED) is 0.916. The Bertz CT molecular complexity index is 612. The summed E-state index contributed by atoms with van der Waals surface area (Å²) in [6.45, 7) is 3.92. The van der Waals surface area contributed by atoms with Crippen LogP contribution >= 0.6 is 0 Å². The Morgan fingerprint density at radius 2 is 1.90 bits per heavy atom. The number of hydrogen-bond donors (Lipinski definition) is 1. The van der Waals surface area contributed by atoms with Crippen LogP contribution in [0.15, 0.2) is 48.5 Å². The molecule has 3 heteroatoms. The number of aliphatic hydroxyl groups is 1. The van der Waals surface area contributed by atoms with Gasteiger partial charge in [0, 0.05) is 18.8 Å². The van der Waals surface area contributed by atoms with Gasteiger partial charge in [-0.2, -0.15) is 0 Å². The maximum Gasteiger partial charge on any atom is 0.122 e. The summed E-state index contributed by atoms with van der Waals surface area (Å²) in [5, 5.41) is 10.2. The largest absolute Gasteiger partial charge is 0.491 e. The second-order valence-corrected chi connectivity index (χ2v) is 5.56. The summed E-state index contributed by atoms with van der Waals surface area (Å²) in [6.07, 6.45) is 0.567. The van der Waals surface area contributed by atoms with Crippen LogP contribution in [0.25, 0.3) is 0 Å². The Morgan fingerprint density at radius 1 is 1.14 bits per heavy atom. The van der Waals surface area contributed by atoms with Crippen molar-refractivity contribution >= 4 is 5.69 Å². The van der Waals surface area contributed by atoms with Gasteiger partial charge in [0.15, 0.2) is 0 Å². The van der Waals surface area contributed by atoms with Gasteiger partial charge in [0.1, 0.15) is 18.5 Å². The first-order chi connectivity index (χ1) is 10.2. The number of hydrogen-bond acceptors (Lipinski definition) is 3. The van der Waals surface area contributed by atoms with E-state index in [1.165, 1.54) is 11.3 Å². The number of anilines is 1. The number of aliphatic hydroxyl groups excluding tert-OH is 1. The van der Waals surface area contributed by atoms with Crippen molar-refractivity contribution in [3.05, 3.63) is 59.7 Å². The zero-order valence-corrected chi connectivity index (χ0v) is 12.3. The van der Waals surface area contributed by atoms with E-state index in [1.807, 2.05) is 37.3 Å². The van der Waals surface area contributed by atoms with Crippen LogP contribution in [0.3, 0.4) is 0 Å². The van der Waals surface area contributed by atoms with Crippen LogP contribution in [-0.4, -0.2) is 30.9 Å². The molecule has 2 aromatic carbocycles. The number of ether oxygens (including phenoxy) is 1. The molecule has 0 fully saturated rings. The first-order valence-corrected chi connectivity index (χ1v) is 7.43. The molecule has 2 aromatic rings. The molecule has 0 amide bonds. The maximum atomic E-state index is 10.2. The molecule has 0 saturated carbocycles. The molecule has 0 aliphatic carbocycles. The highest BCUT2D eigenvalue weighted by molar-refractivity contribution is 5.57. The molecular weight excluding hydrogens is 262 g/mol. The van der Waals surface area contributed by atoms with Crippen LogP contribution in [0.4, 0.5) is 5.69 Å². The maximum absolute atomic E-state index is 10.2. The second kappa shape index (κ2) is 6.19. The number of nitrogens with zero attached hydrogens (tertiary/aromatic N) is 1. The molecule has 1 unspecified atom stereocenters. The molecule has 110 valence electrons. The Balaban J connectivity index is 1.56. The van der Waals surface area contributed by atoms with E-state index in [9.17, 15) is 5.11 Å². The lowest BCUT2D eigenvalue weighted by Crippen LogP contribution is -2.34. The molecule has 0 spiro atoms. The van der Waals surface area contributed by atoms with Gasteiger partial charge in [-0.15, -0.1) is 0 Å². The standard InChI is InChI=1S/C18H21NO2/c1-14-6-2-5-9-18(14)21-13-16(20)12-19-11-10-15-7-3-4-8-17(15)19/h2-9,16,20H,10-13H2,1H3. The van der Waals surface area contributed by atoms with Crippen molar-refractivity contribution < 1.29 is 9.84 Å². The highest BCUT2D eigenvalue weighted by atomic mass is 16.5. The molecule has 1 heterocycles. The van der Waals surface area contributed by atoms with Crippen molar-refractivity contribution in [3.8, 4) is 5.75 Å². The van der Waals surface area contributed by atoms with Gasteiger partial charge in [-0.3, -0.25) is 0 Å². The van der Waals surface area contributed by atoms with Crippen LogP contribution in [-0.2, 0) is 6.42 Å². The summed E-state index contributed by atoms with van der Waals surface area (Å²) in [4.78, 5) is 2.24. The first kappa shape index (κ1) is 14.0. The average Bonchev–Trinajstić information content (AvgIpc) is 2.90. The highest BCUT2D eigenvalue weighted by Gasteiger charge is 2.20. The summed E-state index contributed by atoms with van der Waals surface area (Å²) >= 11 is 0. The number of β-amino-alcohol motifs (C(OH)–C–C–N with tert-alkyl or cyclic N) is 1. The van der Waals surface area contributed by atoms with E-state index in [0.717, 1.165) is 24.3 Å². The Kier molecular flexibility index (Phi) is 4.11. The summed E-state index contributed by atoms with van der Waals surface area (Å²) < 4.78 is 5.72. The van der Waals surface area contributed by atoms with Gasteiger partial charge in [-0.25, -0.2) is 0 Å². The Morgan fingerprint density at radius 3 is 2.76 bits per heavy atom. The smallest absolute Gasteiger partial charge is 0.122 e. The lowest BCUT2D eigenvalue weighted by Gasteiger charge is -2.23.